The van der Waals surface area contributed by atoms with Gasteiger partial charge in [-0.15, -0.1) is 5.10 Å². The molecule has 0 saturated heterocycles. The van der Waals surface area contributed by atoms with Crippen molar-refractivity contribution in [1.82, 2.24) is 25.1 Å². The van der Waals surface area contributed by atoms with Crippen molar-refractivity contribution in [3.8, 4) is 34.5 Å². The second kappa shape index (κ2) is 8.01. The number of benzene rings is 2. The predicted molar refractivity (Wildman–Crippen MR) is 111 cm³/mol. The minimum atomic E-state index is -0.205. The number of aromatic nitrogens is 5. The molecule has 0 fully saturated rings. The largest absolute Gasteiger partial charge is 0.493 e. The van der Waals surface area contributed by atoms with Crippen molar-refractivity contribution in [3.63, 3.8) is 0 Å². The second-order valence-corrected chi connectivity index (χ2v) is 7.29. The number of hydrogen-bond donors (Lipinski definition) is 0. The van der Waals surface area contributed by atoms with Crippen LogP contribution in [0.1, 0.15) is 17.4 Å². The molecule has 4 aromatic rings. The molecule has 2 aromatic carbocycles. The molecule has 0 saturated carbocycles. The second-order valence-electron chi connectivity index (χ2n) is 6.88. The van der Waals surface area contributed by atoms with Crippen LogP contribution in [0.3, 0.4) is 0 Å². The van der Waals surface area contributed by atoms with Crippen LogP contribution in [0, 0.1) is 0 Å². The third-order valence-corrected chi connectivity index (χ3v) is 5.46. The van der Waals surface area contributed by atoms with Gasteiger partial charge in [0.1, 0.15) is 6.10 Å². The summed E-state index contributed by atoms with van der Waals surface area (Å²) in [6, 6.07) is 13.0. The van der Waals surface area contributed by atoms with Gasteiger partial charge in [0, 0.05) is 16.1 Å². The molecule has 10 heteroatoms. The van der Waals surface area contributed by atoms with Crippen molar-refractivity contribution in [2.45, 2.75) is 19.3 Å². The maximum Gasteiger partial charge on any atom is 0.258 e. The minimum Gasteiger partial charge on any atom is -0.493 e. The van der Waals surface area contributed by atoms with E-state index in [0.29, 0.717) is 52.6 Å². The highest BCUT2D eigenvalue weighted by Crippen LogP contribution is 2.35. The number of fused-ring (bicyclic) bond motifs is 1. The fourth-order valence-electron chi connectivity index (χ4n) is 3.52. The minimum absolute atomic E-state index is 0.205. The maximum absolute atomic E-state index is 6.31. The van der Waals surface area contributed by atoms with Crippen LogP contribution >= 0.6 is 11.6 Å². The highest BCUT2D eigenvalue weighted by atomic mass is 35.5. The summed E-state index contributed by atoms with van der Waals surface area (Å²) < 4.78 is 23.9. The van der Waals surface area contributed by atoms with Gasteiger partial charge in [0.25, 0.3) is 5.89 Å². The topological polar surface area (TPSA) is 97.3 Å². The summed E-state index contributed by atoms with van der Waals surface area (Å²) in [7, 11) is 3.15. The van der Waals surface area contributed by atoms with Crippen LogP contribution < -0.4 is 9.47 Å². The molecule has 158 valence electrons. The molecule has 1 aliphatic heterocycles. The Hall–Kier alpha value is -3.43. The van der Waals surface area contributed by atoms with E-state index in [1.165, 1.54) is 0 Å². The number of ether oxygens (including phenoxy) is 3. The summed E-state index contributed by atoms with van der Waals surface area (Å²) in [5.74, 6) is 1.86. The lowest BCUT2D eigenvalue weighted by Gasteiger charge is -2.24. The number of halogens is 1. The summed E-state index contributed by atoms with van der Waals surface area (Å²) in [6.07, 6.45) is -0.205. The molecule has 5 rings (SSSR count). The van der Waals surface area contributed by atoms with Crippen LogP contribution in [0.15, 0.2) is 47.0 Å². The quantitative estimate of drug-likeness (QED) is 0.461. The first-order valence-electron chi connectivity index (χ1n) is 9.52. The Balaban J connectivity index is 1.42. The van der Waals surface area contributed by atoms with Gasteiger partial charge in [-0.2, -0.15) is 4.98 Å². The molecule has 1 atom stereocenters. The van der Waals surface area contributed by atoms with E-state index in [2.05, 4.69) is 20.5 Å². The molecule has 31 heavy (non-hydrogen) atoms. The van der Waals surface area contributed by atoms with Crippen molar-refractivity contribution in [2.24, 2.45) is 0 Å². The Bertz CT molecular complexity index is 1240. The first-order chi connectivity index (χ1) is 15.2. The van der Waals surface area contributed by atoms with Crippen molar-refractivity contribution in [3.05, 3.63) is 58.7 Å². The van der Waals surface area contributed by atoms with Crippen LogP contribution in [0.5, 0.6) is 11.5 Å². The first-order valence-corrected chi connectivity index (χ1v) is 9.90. The fourth-order valence-corrected chi connectivity index (χ4v) is 3.77. The van der Waals surface area contributed by atoms with Crippen molar-refractivity contribution < 1.29 is 18.7 Å². The highest BCUT2D eigenvalue weighted by molar-refractivity contribution is 6.31. The third kappa shape index (κ3) is 3.51. The van der Waals surface area contributed by atoms with Crippen LogP contribution in [0.4, 0.5) is 0 Å². The molecular formula is C21H18ClN5O4. The Kier molecular flexibility index (Phi) is 5.05. The number of nitrogens with zero attached hydrogens (tertiary/aromatic N) is 5. The lowest BCUT2D eigenvalue weighted by Crippen LogP contribution is -2.22. The molecule has 3 heterocycles. The van der Waals surface area contributed by atoms with Gasteiger partial charge in [0.2, 0.25) is 5.82 Å². The van der Waals surface area contributed by atoms with Gasteiger partial charge in [-0.3, -0.25) is 0 Å². The standard InChI is InChI=1S/C21H18ClN5O4/c1-28-16-8-7-12(9-17(16)29-2)21-23-20(25-31-21)19-15-11-30-18(10-27(15)26-24-19)13-5-3-4-6-14(13)22/h3-9,18H,10-11H2,1-2H3. The number of hydrogen-bond acceptors (Lipinski definition) is 8. The van der Waals surface area contributed by atoms with E-state index in [1.54, 1.807) is 31.0 Å². The zero-order chi connectivity index (χ0) is 21.4. The number of methoxy groups -OCH3 is 2. The number of rotatable bonds is 5. The lowest BCUT2D eigenvalue weighted by atomic mass is 10.1. The Labute approximate surface area is 182 Å². The summed E-state index contributed by atoms with van der Waals surface area (Å²) >= 11 is 6.31. The van der Waals surface area contributed by atoms with Gasteiger partial charge < -0.3 is 18.7 Å². The Morgan fingerprint density at radius 2 is 1.94 bits per heavy atom. The molecule has 1 unspecified atom stereocenters. The molecule has 0 aliphatic carbocycles. The van der Waals surface area contributed by atoms with E-state index in [-0.39, 0.29) is 6.10 Å². The van der Waals surface area contributed by atoms with E-state index in [9.17, 15) is 0 Å². The Morgan fingerprint density at radius 1 is 1.10 bits per heavy atom. The van der Waals surface area contributed by atoms with E-state index in [4.69, 9.17) is 30.3 Å². The molecule has 2 aromatic heterocycles. The molecule has 9 nitrogen and oxygen atoms in total. The smallest absolute Gasteiger partial charge is 0.258 e. The summed E-state index contributed by atoms with van der Waals surface area (Å²) in [4.78, 5) is 4.49. The average molecular weight is 440 g/mol. The van der Waals surface area contributed by atoms with E-state index in [0.717, 1.165) is 11.3 Å². The monoisotopic (exact) mass is 439 g/mol. The normalized spacial score (nSPS) is 15.5. The van der Waals surface area contributed by atoms with Crippen molar-refractivity contribution in [1.29, 1.82) is 0 Å². The molecule has 1 aliphatic rings. The third-order valence-electron chi connectivity index (χ3n) is 5.12. The molecule has 0 bridgehead atoms. The summed E-state index contributed by atoms with van der Waals surface area (Å²) in [6.45, 7) is 0.797. The van der Waals surface area contributed by atoms with Crippen LogP contribution in [-0.4, -0.2) is 39.4 Å². The summed E-state index contributed by atoms with van der Waals surface area (Å²) in [5.41, 5.74) is 2.92. The average Bonchev–Trinajstić information content (AvgIpc) is 3.45. The van der Waals surface area contributed by atoms with Crippen molar-refractivity contribution >= 4 is 11.6 Å². The van der Waals surface area contributed by atoms with Gasteiger partial charge in [-0.05, 0) is 24.3 Å². The molecule has 0 N–H and O–H groups in total. The maximum atomic E-state index is 6.31. The van der Waals surface area contributed by atoms with Gasteiger partial charge in [-0.1, -0.05) is 40.2 Å². The molecule has 0 spiro atoms. The summed E-state index contributed by atoms with van der Waals surface area (Å²) in [5, 5.41) is 13.3. The van der Waals surface area contributed by atoms with Crippen LogP contribution in [0.25, 0.3) is 23.0 Å². The van der Waals surface area contributed by atoms with E-state index >= 15 is 0 Å². The zero-order valence-electron chi connectivity index (χ0n) is 16.8. The zero-order valence-corrected chi connectivity index (χ0v) is 17.5. The molecule has 0 radical (unpaired) electrons. The van der Waals surface area contributed by atoms with Crippen molar-refractivity contribution in [2.75, 3.05) is 14.2 Å². The fraction of sp³-hybridized carbons (Fsp3) is 0.238. The first kappa shape index (κ1) is 19.5. The van der Waals surface area contributed by atoms with Gasteiger partial charge in [0.05, 0.1) is 33.1 Å². The van der Waals surface area contributed by atoms with Gasteiger partial charge in [-0.25, -0.2) is 4.68 Å². The van der Waals surface area contributed by atoms with Gasteiger partial charge in [0.15, 0.2) is 17.2 Å². The van der Waals surface area contributed by atoms with Crippen LogP contribution in [0.2, 0.25) is 5.02 Å². The van der Waals surface area contributed by atoms with E-state index < -0.39 is 0 Å². The van der Waals surface area contributed by atoms with Crippen LogP contribution in [-0.2, 0) is 17.9 Å². The highest BCUT2D eigenvalue weighted by Gasteiger charge is 2.28. The predicted octanol–water partition coefficient (Wildman–Crippen LogP) is 3.94. The molecule has 0 amide bonds. The van der Waals surface area contributed by atoms with E-state index in [1.807, 2.05) is 30.3 Å². The lowest BCUT2D eigenvalue weighted by molar-refractivity contribution is -0.00106. The molecular weight excluding hydrogens is 422 g/mol. The SMILES string of the molecule is COc1ccc(-c2nc(-c3nnn4c3COC(c3ccccc3Cl)C4)no2)cc1OC. The van der Waals surface area contributed by atoms with Gasteiger partial charge >= 0.3 is 0 Å². The Morgan fingerprint density at radius 3 is 2.74 bits per heavy atom.